The number of benzene rings is 5. The molecule has 0 heterocycles. The smallest absolute Gasteiger partial charge is 0.272 e. The van der Waals surface area contributed by atoms with Gasteiger partial charge in [0.25, 0.3) is 11.8 Å². The van der Waals surface area contributed by atoms with Crippen molar-refractivity contribution in [3.8, 4) is 0 Å². The lowest BCUT2D eigenvalue weighted by molar-refractivity contribution is -0.114. The Kier molecular flexibility index (Phi) is 9.79. The average Bonchev–Trinajstić information content (AvgIpc) is 3.00. The first-order chi connectivity index (χ1) is 20.8. The highest BCUT2D eigenvalue weighted by Gasteiger charge is 2.16. The van der Waals surface area contributed by atoms with Crippen LogP contribution in [0, 0.1) is 0 Å². The van der Waals surface area contributed by atoms with E-state index in [1.807, 2.05) is 54.6 Å². The molecule has 0 saturated carbocycles. The van der Waals surface area contributed by atoms with Crippen LogP contribution in [0.1, 0.15) is 15.9 Å². The van der Waals surface area contributed by atoms with Crippen molar-refractivity contribution in [1.29, 1.82) is 0 Å². The van der Waals surface area contributed by atoms with Gasteiger partial charge in [0.1, 0.15) is 5.70 Å². The minimum absolute atomic E-state index is 0.0859. The summed E-state index contributed by atoms with van der Waals surface area (Å²) in [6.07, 6.45) is 1.67. The zero-order chi connectivity index (χ0) is 30.2. The van der Waals surface area contributed by atoms with E-state index in [0.717, 1.165) is 21.2 Å². The maximum atomic E-state index is 13.6. The van der Waals surface area contributed by atoms with Gasteiger partial charge in [0, 0.05) is 31.9 Å². The maximum absolute atomic E-state index is 13.6. The number of hydrogen-bond acceptors (Lipinski definition) is 4. The van der Waals surface area contributed by atoms with Crippen molar-refractivity contribution < 1.29 is 14.4 Å². The standard InChI is InChI=1S/C34H25Cl2N3O3S/c35-25-17-26(36)19-28(18-25)37-32(40)21-43-29-14-7-13-27(20-29)38-34(42)31(39-33(41)23-9-2-1-3-10-23)16-24-12-6-11-22-8-4-5-15-30(22)24/h1-20H,21H2,(H,37,40)(H,38,42)(H,39,41)/b31-16+. The first kappa shape index (κ1) is 29.9. The van der Waals surface area contributed by atoms with E-state index in [1.54, 1.807) is 66.7 Å². The predicted octanol–water partition coefficient (Wildman–Crippen LogP) is 8.29. The van der Waals surface area contributed by atoms with Crippen LogP contribution in [0.25, 0.3) is 16.8 Å². The van der Waals surface area contributed by atoms with Crippen molar-refractivity contribution in [3.05, 3.63) is 142 Å². The number of amides is 3. The van der Waals surface area contributed by atoms with E-state index in [-0.39, 0.29) is 17.4 Å². The Bertz CT molecular complexity index is 1820. The van der Waals surface area contributed by atoms with Crippen molar-refractivity contribution in [2.24, 2.45) is 0 Å². The second kappa shape index (κ2) is 14.1. The molecule has 3 amide bonds. The van der Waals surface area contributed by atoms with Gasteiger partial charge in [-0.25, -0.2) is 0 Å². The van der Waals surface area contributed by atoms with Crippen molar-refractivity contribution >= 4 is 80.9 Å². The van der Waals surface area contributed by atoms with E-state index in [9.17, 15) is 14.4 Å². The summed E-state index contributed by atoms with van der Waals surface area (Å²) in [7, 11) is 0. The Hall–Kier alpha value is -4.56. The van der Waals surface area contributed by atoms with E-state index < -0.39 is 11.8 Å². The van der Waals surface area contributed by atoms with E-state index in [2.05, 4.69) is 16.0 Å². The summed E-state index contributed by atoms with van der Waals surface area (Å²) in [6.45, 7) is 0. The quantitative estimate of drug-likeness (QED) is 0.114. The molecule has 43 heavy (non-hydrogen) atoms. The summed E-state index contributed by atoms with van der Waals surface area (Å²) in [4.78, 5) is 39.9. The highest BCUT2D eigenvalue weighted by molar-refractivity contribution is 8.00. The molecule has 0 saturated heterocycles. The van der Waals surface area contributed by atoms with Crippen LogP contribution in [0.4, 0.5) is 11.4 Å². The molecule has 0 unspecified atom stereocenters. The highest BCUT2D eigenvalue weighted by atomic mass is 35.5. The summed E-state index contributed by atoms with van der Waals surface area (Å²) < 4.78 is 0. The topological polar surface area (TPSA) is 87.3 Å². The molecule has 6 nitrogen and oxygen atoms in total. The van der Waals surface area contributed by atoms with E-state index >= 15 is 0 Å². The van der Waals surface area contributed by atoms with Crippen molar-refractivity contribution in [1.82, 2.24) is 5.32 Å². The van der Waals surface area contributed by atoms with Gasteiger partial charge in [-0.3, -0.25) is 14.4 Å². The van der Waals surface area contributed by atoms with Crippen LogP contribution in [0.3, 0.4) is 0 Å². The minimum Gasteiger partial charge on any atom is -0.325 e. The molecule has 5 aromatic rings. The molecule has 5 rings (SSSR count). The molecular formula is C34H25Cl2N3O3S. The summed E-state index contributed by atoms with van der Waals surface area (Å²) in [5, 5.41) is 11.2. The summed E-state index contributed by atoms with van der Waals surface area (Å²) in [5.41, 5.74) is 2.31. The first-order valence-electron chi connectivity index (χ1n) is 13.2. The number of carbonyl (C=O) groups excluding carboxylic acids is 3. The third kappa shape index (κ3) is 8.26. The fourth-order valence-corrected chi connectivity index (χ4v) is 5.59. The number of rotatable bonds is 9. The number of halogens is 2. The Labute approximate surface area is 263 Å². The molecule has 5 aromatic carbocycles. The van der Waals surface area contributed by atoms with Gasteiger partial charge in [0.05, 0.1) is 5.75 Å². The third-order valence-corrected chi connectivity index (χ3v) is 7.69. The first-order valence-corrected chi connectivity index (χ1v) is 14.9. The second-order valence-electron chi connectivity index (χ2n) is 9.42. The Balaban J connectivity index is 1.33. The number of anilines is 2. The molecular weight excluding hydrogens is 601 g/mol. The van der Waals surface area contributed by atoms with Crippen molar-refractivity contribution in [2.45, 2.75) is 4.90 Å². The van der Waals surface area contributed by atoms with Gasteiger partial charge in [-0.1, -0.05) is 89.9 Å². The Morgan fingerprint density at radius 3 is 2.19 bits per heavy atom. The lowest BCUT2D eigenvalue weighted by Crippen LogP contribution is -2.30. The molecule has 3 N–H and O–H groups in total. The highest BCUT2D eigenvalue weighted by Crippen LogP contribution is 2.25. The fourth-order valence-electron chi connectivity index (χ4n) is 4.31. The SMILES string of the molecule is O=C(CSc1cccc(NC(=O)/C(=C\c2cccc3ccccc23)NC(=O)c2ccccc2)c1)Nc1cc(Cl)cc(Cl)c1. The molecule has 0 aliphatic carbocycles. The molecule has 0 spiro atoms. The zero-order valence-corrected chi connectivity index (χ0v) is 25.0. The van der Waals surface area contributed by atoms with Gasteiger partial charge in [0.2, 0.25) is 5.91 Å². The van der Waals surface area contributed by atoms with Crippen LogP contribution < -0.4 is 16.0 Å². The number of carbonyl (C=O) groups is 3. The molecule has 0 atom stereocenters. The second-order valence-corrected chi connectivity index (χ2v) is 11.3. The number of fused-ring (bicyclic) bond motifs is 1. The number of hydrogen-bond donors (Lipinski definition) is 3. The van der Waals surface area contributed by atoms with Gasteiger partial charge >= 0.3 is 0 Å². The van der Waals surface area contributed by atoms with Gasteiger partial charge in [-0.05, 0) is 70.9 Å². The molecule has 0 aromatic heterocycles. The fraction of sp³-hybridized carbons (Fsp3) is 0.0294. The number of nitrogens with one attached hydrogen (secondary N) is 3. The molecule has 214 valence electrons. The summed E-state index contributed by atoms with van der Waals surface area (Å²) in [5.74, 6) is -1.00. The average molecular weight is 627 g/mol. The third-order valence-electron chi connectivity index (χ3n) is 6.26. The van der Waals surface area contributed by atoms with Gasteiger partial charge in [0.15, 0.2) is 0 Å². The monoisotopic (exact) mass is 625 g/mol. The molecule has 0 aliphatic heterocycles. The Morgan fingerprint density at radius 1 is 0.698 bits per heavy atom. The van der Waals surface area contributed by atoms with Crippen molar-refractivity contribution in [2.75, 3.05) is 16.4 Å². The van der Waals surface area contributed by atoms with E-state index in [1.165, 1.54) is 11.8 Å². The molecule has 0 fully saturated rings. The van der Waals surface area contributed by atoms with Crippen LogP contribution in [0.5, 0.6) is 0 Å². The largest absolute Gasteiger partial charge is 0.325 e. The van der Waals surface area contributed by atoms with Gasteiger partial charge < -0.3 is 16.0 Å². The van der Waals surface area contributed by atoms with Crippen LogP contribution in [0.15, 0.2) is 126 Å². The molecule has 9 heteroatoms. The van der Waals surface area contributed by atoms with E-state index in [0.29, 0.717) is 27.0 Å². The van der Waals surface area contributed by atoms with Gasteiger partial charge in [-0.2, -0.15) is 0 Å². The van der Waals surface area contributed by atoms with Crippen molar-refractivity contribution in [3.63, 3.8) is 0 Å². The normalized spacial score (nSPS) is 11.2. The summed E-state index contributed by atoms with van der Waals surface area (Å²) in [6, 6.07) is 34.3. The van der Waals surface area contributed by atoms with Crippen LogP contribution >= 0.6 is 35.0 Å². The zero-order valence-electron chi connectivity index (χ0n) is 22.6. The van der Waals surface area contributed by atoms with Gasteiger partial charge in [-0.15, -0.1) is 11.8 Å². The lowest BCUT2D eigenvalue weighted by atomic mass is 10.0. The maximum Gasteiger partial charge on any atom is 0.272 e. The minimum atomic E-state index is -0.491. The van der Waals surface area contributed by atoms with Crippen LogP contribution in [-0.2, 0) is 9.59 Å². The molecule has 0 bridgehead atoms. The summed E-state index contributed by atoms with van der Waals surface area (Å²) >= 11 is 13.3. The Morgan fingerprint density at radius 2 is 1.40 bits per heavy atom. The van der Waals surface area contributed by atoms with Crippen LogP contribution in [-0.4, -0.2) is 23.5 Å². The lowest BCUT2D eigenvalue weighted by Gasteiger charge is -2.13. The molecule has 0 radical (unpaired) electrons. The molecule has 0 aliphatic rings. The van der Waals surface area contributed by atoms with Crippen LogP contribution in [0.2, 0.25) is 10.0 Å². The predicted molar refractivity (Wildman–Crippen MR) is 177 cm³/mol. The van der Waals surface area contributed by atoms with E-state index in [4.69, 9.17) is 23.2 Å². The number of thioether (sulfide) groups is 1.